The molecule has 9 heteroatoms. The van der Waals surface area contributed by atoms with Crippen LogP contribution in [0.15, 0.2) is 28.0 Å². The summed E-state index contributed by atoms with van der Waals surface area (Å²) < 4.78 is 12.2. The number of aromatic nitrogens is 3. The van der Waals surface area contributed by atoms with Crippen LogP contribution in [0.1, 0.15) is 33.6 Å². The molecule has 1 N–H and O–H groups in total. The second kappa shape index (κ2) is 10.0. The highest BCUT2D eigenvalue weighted by Crippen LogP contribution is 2.24. The predicted molar refractivity (Wildman–Crippen MR) is 97.6 cm³/mol. The van der Waals surface area contributed by atoms with Gasteiger partial charge in [0.15, 0.2) is 23.3 Å². The van der Waals surface area contributed by atoms with Crippen LogP contribution in [0.3, 0.4) is 0 Å². The molecule has 142 valence electrons. The molecule has 0 aliphatic carbocycles. The van der Waals surface area contributed by atoms with Crippen LogP contribution in [0.4, 0.5) is 0 Å². The first-order valence-corrected chi connectivity index (χ1v) is 9.62. The third-order valence-corrected chi connectivity index (χ3v) is 4.75. The van der Waals surface area contributed by atoms with Crippen LogP contribution in [-0.4, -0.2) is 45.0 Å². The summed E-state index contributed by atoms with van der Waals surface area (Å²) in [7, 11) is 0. The first-order chi connectivity index (χ1) is 12.6. The number of carbonyl (C=O) groups excluding carboxylic acids is 2. The van der Waals surface area contributed by atoms with Crippen molar-refractivity contribution in [3.63, 3.8) is 0 Å². The Hall–Kier alpha value is -2.29. The van der Waals surface area contributed by atoms with Gasteiger partial charge in [0.2, 0.25) is 0 Å². The number of nitrogens with one attached hydrogen (secondary N) is 1. The SMILES string of the molecule is CCC(CC)NC(=O)COC(=O)CSc1nnc(-c2ccco2)n1CC. The smallest absolute Gasteiger partial charge is 0.316 e. The van der Waals surface area contributed by atoms with Gasteiger partial charge in [-0.2, -0.15) is 0 Å². The molecule has 2 heterocycles. The number of esters is 1. The Morgan fingerprint density at radius 2 is 2.08 bits per heavy atom. The Kier molecular flexibility index (Phi) is 7.71. The van der Waals surface area contributed by atoms with Crippen molar-refractivity contribution in [2.75, 3.05) is 12.4 Å². The molecular formula is C17H24N4O4S. The Labute approximate surface area is 156 Å². The zero-order chi connectivity index (χ0) is 18.9. The Morgan fingerprint density at radius 3 is 2.69 bits per heavy atom. The monoisotopic (exact) mass is 380 g/mol. The molecular weight excluding hydrogens is 356 g/mol. The van der Waals surface area contributed by atoms with Gasteiger partial charge in [0.25, 0.3) is 5.91 Å². The van der Waals surface area contributed by atoms with Crippen LogP contribution in [0.5, 0.6) is 0 Å². The van der Waals surface area contributed by atoms with Gasteiger partial charge >= 0.3 is 5.97 Å². The number of carbonyl (C=O) groups is 2. The summed E-state index contributed by atoms with van der Waals surface area (Å²) in [6, 6.07) is 3.69. The van der Waals surface area contributed by atoms with Crippen LogP contribution in [0, 0.1) is 0 Å². The first kappa shape index (κ1) is 20.0. The maximum atomic E-state index is 11.9. The third-order valence-electron chi connectivity index (χ3n) is 3.81. The average Bonchev–Trinajstić information content (AvgIpc) is 3.31. The number of hydrogen-bond acceptors (Lipinski definition) is 7. The second-order valence-electron chi connectivity index (χ2n) is 5.56. The van der Waals surface area contributed by atoms with Crippen molar-refractivity contribution in [1.29, 1.82) is 0 Å². The average molecular weight is 380 g/mol. The molecule has 2 aromatic heterocycles. The number of hydrogen-bond donors (Lipinski definition) is 1. The Balaban J connectivity index is 1.83. The van der Waals surface area contributed by atoms with Crippen molar-refractivity contribution >= 4 is 23.6 Å². The van der Waals surface area contributed by atoms with E-state index in [9.17, 15) is 9.59 Å². The van der Waals surface area contributed by atoms with Crippen molar-refractivity contribution in [2.24, 2.45) is 0 Å². The van der Waals surface area contributed by atoms with E-state index in [0.29, 0.717) is 23.3 Å². The number of furan rings is 1. The van der Waals surface area contributed by atoms with Crippen molar-refractivity contribution in [2.45, 2.75) is 51.4 Å². The summed E-state index contributed by atoms with van der Waals surface area (Å²) in [6.07, 6.45) is 3.26. The Morgan fingerprint density at radius 1 is 1.31 bits per heavy atom. The molecule has 0 aromatic carbocycles. The van der Waals surface area contributed by atoms with Crippen molar-refractivity contribution in [3.8, 4) is 11.6 Å². The van der Waals surface area contributed by atoms with Crippen LogP contribution in [0.25, 0.3) is 11.6 Å². The molecule has 1 amide bonds. The fraction of sp³-hybridized carbons (Fsp3) is 0.529. The van der Waals surface area contributed by atoms with Gasteiger partial charge in [0.05, 0.1) is 12.0 Å². The lowest BCUT2D eigenvalue weighted by molar-refractivity contribution is -0.146. The van der Waals surface area contributed by atoms with Crippen LogP contribution in [0.2, 0.25) is 0 Å². The van der Waals surface area contributed by atoms with Crippen LogP contribution < -0.4 is 5.32 Å². The number of nitrogens with zero attached hydrogens (tertiary/aromatic N) is 3. The van der Waals surface area contributed by atoms with Gasteiger partial charge in [-0.05, 0) is 31.9 Å². The zero-order valence-corrected chi connectivity index (χ0v) is 16.0. The van der Waals surface area contributed by atoms with Gasteiger partial charge in [-0.3, -0.25) is 14.2 Å². The predicted octanol–water partition coefficient (Wildman–Crippen LogP) is 2.50. The van der Waals surface area contributed by atoms with Gasteiger partial charge in [-0.1, -0.05) is 25.6 Å². The highest BCUT2D eigenvalue weighted by atomic mass is 32.2. The van der Waals surface area contributed by atoms with E-state index in [2.05, 4.69) is 15.5 Å². The standard InChI is InChI=1S/C17H24N4O4S/c1-4-12(5-2)18-14(22)10-25-15(23)11-26-17-20-19-16(21(17)6-3)13-8-7-9-24-13/h7-9,12H,4-6,10-11H2,1-3H3,(H,18,22). The molecule has 0 bridgehead atoms. The lowest BCUT2D eigenvalue weighted by Gasteiger charge is -2.14. The van der Waals surface area contributed by atoms with Gasteiger partial charge < -0.3 is 14.5 Å². The van der Waals surface area contributed by atoms with E-state index in [1.165, 1.54) is 11.8 Å². The quantitative estimate of drug-likeness (QED) is 0.499. The van der Waals surface area contributed by atoms with Gasteiger partial charge in [-0.15, -0.1) is 10.2 Å². The van der Waals surface area contributed by atoms with Crippen molar-refractivity contribution < 1.29 is 18.7 Å². The van der Waals surface area contributed by atoms with E-state index in [-0.39, 0.29) is 24.3 Å². The zero-order valence-electron chi connectivity index (χ0n) is 15.2. The molecule has 0 saturated heterocycles. The molecule has 2 rings (SSSR count). The first-order valence-electron chi connectivity index (χ1n) is 8.63. The Bertz CT molecular complexity index is 710. The summed E-state index contributed by atoms with van der Waals surface area (Å²) in [5, 5.41) is 11.6. The van der Waals surface area contributed by atoms with E-state index in [0.717, 1.165) is 12.8 Å². The van der Waals surface area contributed by atoms with E-state index >= 15 is 0 Å². The molecule has 0 radical (unpaired) electrons. The molecule has 0 aliphatic rings. The summed E-state index contributed by atoms with van der Waals surface area (Å²) in [5.41, 5.74) is 0. The van der Waals surface area contributed by atoms with Crippen LogP contribution >= 0.6 is 11.8 Å². The molecule has 0 aliphatic heterocycles. The van der Waals surface area contributed by atoms with E-state index in [1.807, 2.05) is 25.3 Å². The molecule has 0 saturated carbocycles. The molecule has 0 atom stereocenters. The lowest BCUT2D eigenvalue weighted by atomic mass is 10.2. The van der Waals surface area contributed by atoms with Crippen molar-refractivity contribution in [3.05, 3.63) is 18.4 Å². The number of rotatable bonds is 10. The van der Waals surface area contributed by atoms with Crippen molar-refractivity contribution in [1.82, 2.24) is 20.1 Å². The molecule has 0 fully saturated rings. The minimum Gasteiger partial charge on any atom is -0.461 e. The third kappa shape index (κ3) is 5.35. The minimum atomic E-state index is -0.472. The topological polar surface area (TPSA) is 99.2 Å². The lowest BCUT2D eigenvalue weighted by Crippen LogP contribution is -2.37. The summed E-state index contributed by atoms with van der Waals surface area (Å²) in [4.78, 5) is 23.6. The molecule has 0 unspecified atom stereocenters. The molecule has 2 aromatic rings. The fourth-order valence-electron chi connectivity index (χ4n) is 2.34. The van der Waals surface area contributed by atoms with Gasteiger partial charge in [0.1, 0.15) is 0 Å². The van der Waals surface area contributed by atoms with E-state index in [4.69, 9.17) is 9.15 Å². The van der Waals surface area contributed by atoms with Gasteiger partial charge in [0, 0.05) is 12.6 Å². The van der Waals surface area contributed by atoms with E-state index < -0.39 is 5.97 Å². The number of thioether (sulfide) groups is 1. The van der Waals surface area contributed by atoms with Gasteiger partial charge in [-0.25, -0.2) is 0 Å². The highest BCUT2D eigenvalue weighted by molar-refractivity contribution is 7.99. The molecule has 26 heavy (non-hydrogen) atoms. The highest BCUT2D eigenvalue weighted by Gasteiger charge is 2.17. The summed E-state index contributed by atoms with van der Waals surface area (Å²) >= 11 is 1.21. The van der Waals surface area contributed by atoms with Crippen LogP contribution in [-0.2, 0) is 20.9 Å². The summed E-state index contributed by atoms with van der Waals surface area (Å²) in [6.45, 7) is 6.32. The van der Waals surface area contributed by atoms with E-state index in [1.54, 1.807) is 18.4 Å². The minimum absolute atomic E-state index is 0.0502. The second-order valence-corrected chi connectivity index (χ2v) is 6.50. The number of ether oxygens (including phenoxy) is 1. The maximum absolute atomic E-state index is 11.9. The maximum Gasteiger partial charge on any atom is 0.316 e. The number of amides is 1. The molecule has 0 spiro atoms. The largest absolute Gasteiger partial charge is 0.461 e. The fourth-order valence-corrected chi connectivity index (χ4v) is 3.14. The molecule has 8 nitrogen and oxygen atoms in total. The normalized spacial score (nSPS) is 10.9. The summed E-state index contributed by atoms with van der Waals surface area (Å²) in [5.74, 6) is 0.521.